The highest BCUT2D eigenvalue weighted by Crippen LogP contribution is 2.30. The number of ether oxygens (including phenoxy) is 1. The van der Waals surface area contributed by atoms with Gasteiger partial charge in [-0.3, -0.25) is 11.3 Å². The van der Waals surface area contributed by atoms with Crippen molar-refractivity contribution in [3.63, 3.8) is 0 Å². The molecule has 0 aliphatic rings. The molecule has 2 aromatic rings. The number of hydrazine groups is 1. The third kappa shape index (κ3) is 3.95. The number of hydrogen-bond donors (Lipinski definition) is 2. The molecule has 0 saturated heterocycles. The van der Waals surface area contributed by atoms with Crippen molar-refractivity contribution in [1.82, 2.24) is 5.43 Å². The van der Waals surface area contributed by atoms with E-state index in [9.17, 15) is 4.39 Å². The van der Waals surface area contributed by atoms with Crippen LogP contribution in [-0.2, 0) is 6.42 Å². The topological polar surface area (TPSA) is 47.3 Å². The largest absolute Gasteiger partial charge is 0.496 e. The highest BCUT2D eigenvalue weighted by atomic mass is 79.9. The van der Waals surface area contributed by atoms with Gasteiger partial charge in [-0.05, 0) is 57.7 Å². The first-order valence-electron chi connectivity index (χ1n) is 6.28. The lowest BCUT2D eigenvalue weighted by Crippen LogP contribution is -2.29. The van der Waals surface area contributed by atoms with E-state index in [0.717, 1.165) is 21.3 Å². The van der Waals surface area contributed by atoms with Crippen molar-refractivity contribution in [1.29, 1.82) is 0 Å². The van der Waals surface area contributed by atoms with Gasteiger partial charge < -0.3 is 4.74 Å². The quantitative estimate of drug-likeness (QED) is 0.615. The second-order valence-electron chi connectivity index (χ2n) is 4.56. The lowest BCUT2D eigenvalue weighted by atomic mass is 9.99. The van der Waals surface area contributed by atoms with Crippen molar-refractivity contribution >= 4 is 27.5 Å². The first-order chi connectivity index (χ1) is 10.0. The molecule has 0 aliphatic carbocycles. The average Bonchev–Trinajstić information content (AvgIpc) is 2.45. The number of rotatable bonds is 5. The van der Waals surface area contributed by atoms with Crippen molar-refractivity contribution in [3.8, 4) is 5.75 Å². The number of hydrogen-bond acceptors (Lipinski definition) is 3. The van der Waals surface area contributed by atoms with Crippen LogP contribution in [0.2, 0.25) is 5.02 Å². The Morgan fingerprint density at radius 2 is 2.10 bits per heavy atom. The number of benzene rings is 2. The molecule has 2 rings (SSSR count). The molecular weight excluding hydrogens is 359 g/mol. The van der Waals surface area contributed by atoms with Crippen LogP contribution in [0.5, 0.6) is 5.75 Å². The second kappa shape index (κ2) is 7.22. The van der Waals surface area contributed by atoms with Gasteiger partial charge in [0.25, 0.3) is 0 Å². The molecule has 2 aromatic carbocycles. The molecule has 0 saturated carbocycles. The molecule has 3 nitrogen and oxygen atoms in total. The molecule has 0 fully saturated rings. The van der Waals surface area contributed by atoms with E-state index >= 15 is 0 Å². The van der Waals surface area contributed by atoms with E-state index in [2.05, 4.69) is 21.4 Å². The average molecular weight is 374 g/mol. The number of halogens is 3. The molecule has 1 unspecified atom stereocenters. The molecular formula is C15H15BrClFN2O. The molecule has 21 heavy (non-hydrogen) atoms. The van der Waals surface area contributed by atoms with E-state index in [1.54, 1.807) is 13.2 Å². The fourth-order valence-electron chi connectivity index (χ4n) is 2.12. The van der Waals surface area contributed by atoms with Gasteiger partial charge in [0.15, 0.2) is 0 Å². The van der Waals surface area contributed by atoms with Gasteiger partial charge in [0.1, 0.15) is 11.6 Å². The summed E-state index contributed by atoms with van der Waals surface area (Å²) in [7, 11) is 1.61. The van der Waals surface area contributed by atoms with Gasteiger partial charge in [-0.1, -0.05) is 23.7 Å². The van der Waals surface area contributed by atoms with Crippen LogP contribution in [0.15, 0.2) is 40.9 Å². The molecule has 0 aliphatic heterocycles. The van der Waals surface area contributed by atoms with E-state index in [1.807, 2.05) is 18.2 Å². The zero-order valence-corrected chi connectivity index (χ0v) is 13.7. The monoisotopic (exact) mass is 372 g/mol. The number of nitrogens with one attached hydrogen (secondary N) is 1. The summed E-state index contributed by atoms with van der Waals surface area (Å²) in [5.74, 6) is 6.01. The van der Waals surface area contributed by atoms with Crippen molar-refractivity contribution in [3.05, 3.63) is 62.8 Å². The van der Waals surface area contributed by atoms with E-state index in [1.165, 1.54) is 12.1 Å². The highest BCUT2D eigenvalue weighted by molar-refractivity contribution is 9.10. The lowest BCUT2D eigenvalue weighted by molar-refractivity contribution is 0.412. The van der Waals surface area contributed by atoms with Crippen LogP contribution in [0, 0.1) is 5.82 Å². The summed E-state index contributed by atoms with van der Waals surface area (Å²) in [5.41, 5.74) is 4.53. The minimum Gasteiger partial charge on any atom is -0.496 e. The zero-order valence-electron chi connectivity index (χ0n) is 11.4. The smallest absolute Gasteiger partial charge is 0.133 e. The Hall–Kier alpha value is -1.14. The lowest BCUT2D eigenvalue weighted by Gasteiger charge is -2.18. The summed E-state index contributed by atoms with van der Waals surface area (Å²) in [6.45, 7) is 0. The third-order valence-corrected chi connectivity index (χ3v) is 4.14. The Balaban J connectivity index is 2.24. The van der Waals surface area contributed by atoms with Crippen molar-refractivity contribution in [2.24, 2.45) is 5.84 Å². The summed E-state index contributed by atoms with van der Waals surface area (Å²) in [5, 5.41) is 0.352. The van der Waals surface area contributed by atoms with Crippen molar-refractivity contribution in [2.75, 3.05) is 7.11 Å². The minimum absolute atomic E-state index is 0.210. The first-order valence-corrected chi connectivity index (χ1v) is 7.45. The van der Waals surface area contributed by atoms with E-state index < -0.39 is 0 Å². The number of methoxy groups -OCH3 is 1. The first kappa shape index (κ1) is 16.2. The van der Waals surface area contributed by atoms with E-state index in [4.69, 9.17) is 22.2 Å². The van der Waals surface area contributed by atoms with Gasteiger partial charge in [0, 0.05) is 5.02 Å². The van der Waals surface area contributed by atoms with Gasteiger partial charge >= 0.3 is 0 Å². The SMILES string of the molecule is COc1ccc(CC(NN)c2ccc(F)cc2Cl)cc1Br. The summed E-state index contributed by atoms with van der Waals surface area (Å²) in [4.78, 5) is 0. The van der Waals surface area contributed by atoms with E-state index in [-0.39, 0.29) is 11.9 Å². The molecule has 3 N–H and O–H groups in total. The fraction of sp³-hybridized carbons (Fsp3) is 0.200. The molecule has 0 radical (unpaired) electrons. The van der Waals surface area contributed by atoms with Gasteiger partial charge in [-0.15, -0.1) is 0 Å². The van der Waals surface area contributed by atoms with Crippen LogP contribution in [0.1, 0.15) is 17.2 Å². The van der Waals surface area contributed by atoms with Gasteiger partial charge in [0.2, 0.25) is 0 Å². The summed E-state index contributed by atoms with van der Waals surface area (Å²) in [6.07, 6.45) is 0.616. The Morgan fingerprint density at radius 3 is 2.67 bits per heavy atom. The molecule has 112 valence electrons. The maximum atomic E-state index is 13.1. The zero-order chi connectivity index (χ0) is 15.4. The predicted molar refractivity (Wildman–Crippen MR) is 85.9 cm³/mol. The fourth-order valence-corrected chi connectivity index (χ4v) is 3.00. The van der Waals surface area contributed by atoms with Crippen molar-refractivity contribution in [2.45, 2.75) is 12.5 Å². The van der Waals surface area contributed by atoms with Crippen LogP contribution < -0.4 is 16.0 Å². The Bertz CT molecular complexity index is 639. The summed E-state index contributed by atoms with van der Waals surface area (Å²) >= 11 is 9.53. The van der Waals surface area contributed by atoms with Gasteiger partial charge in [0.05, 0.1) is 17.6 Å². The third-order valence-electron chi connectivity index (χ3n) is 3.20. The highest BCUT2D eigenvalue weighted by Gasteiger charge is 2.15. The maximum absolute atomic E-state index is 13.1. The van der Waals surface area contributed by atoms with Crippen LogP contribution in [0.3, 0.4) is 0 Å². The number of nitrogens with two attached hydrogens (primary N) is 1. The Kier molecular flexibility index (Phi) is 5.58. The van der Waals surface area contributed by atoms with Crippen molar-refractivity contribution < 1.29 is 9.13 Å². The summed E-state index contributed by atoms with van der Waals surface area (Å²) in [6, 6.07) is 9.87. The molecule has 0 spiro atoms. The normalized spacial score (nSPS) is 12.2. The molecule has 0 aromatic heterocycles. The molecule has 1 atom stereocenters. The molecule has 0 amide bonds. The molecule has 0 bridgehead atoms. The minimum atomic E-state index is -0.369. The predicted octanol–water partition coefficient (Wildman–Crippen LogP) is 4.00. The van der Waals surface area contributed by atoms with E-state index in [0.29, 0.717) is 11.4 Å². The Morgan fingerprint density at radius 1 is 1.33 bits per heavy atom. The second-order valence-corrected chi connectivity index (χ2v) is 5.82. The summed E-state index contributed by atoms with van der Waals surface area (Å²) < 4.78 is 19.2. The van der Waals surface area contributed by atoms with Crippen LogP contribution in [-0.4, -0.2) is 7.11 Å². The van der Waals surface area contributed by atoms with Crippen LogP contribution in [0.25, 0.3) is 0 Å². The molecule has 0 heterocycles. The Labute approximate surface area is 136 Å². The van der Waals surface area contributed by atoms with Gasteiger partial charge in [-0.2, -0.15) is 0 Å². The maximum Gasteiger partial charge on any atom is 0.133 e. The van der Waals surface area contributed by atoms with Crippen LogP contribution in [0.4, 0.5) is 4.39 Å². The van der Waals surface area contributed by atoms with Gasteiger partial charge in [-0.25, -0.2) is 4.39 Å². The standard InChI is InChI=1S/C15H15BrClFN2O/c1-21-15-5-2-9(6-12(15)16)7-14(20-19)11-4-3-10(18)8-13(11)17/h2-6,8,14,20H,7,19H2,1H3. The molecule has 6 heteroatoms. The van der Waals surface area contributed by atoms with Crippen LogP contribution >= 0.6 is 27.5 Å².